The van der Waals surface area contributed by atoms with Gasteiger partial charge < -0.3 is 0 Å². The van der Waals surface area contributed by atoms with Crippen LogP contribution in [0, 0.1) is 0 Å². The van der Waals surface area contributed by atoms with Gasteiger partial charge in [-0.15, -0.1) is 11.3 Å². The molecule has 2 aliphatic heterocycles. The molecule has 1 atom stereocenters. The second kappa shape index (κ2) is 9.23. The first kappa shape index (κ1) is 23.7. The van der Waals surface area contributed by atoms with E-state index in [1.54, 1.807) is 11.0 Å². The van der Waals surface area contributed by atoms with Gasteiger partial charge in [0.2, 0.25) is 6.29 Å². The van der Waals surface area contributed by atoms with E-state index in [-0.39, 0.29) is 5.91 Å². The molecule has 0 radical (unpaired) electrons. The van der Waals surface area contributed by atoms with Crippen molar-refractivity contribution in [1.82, 2.24) is 10.3 Å². The molecular weight excluding hydrogens is 493 g/mol. The monoisotopic (exact) mass is 516 g/mol. The van der Waals surface area contributed by atoms with Crippen molar-refractivity contribution in [2.45, 2.75) is 44.5 Å². The van der Waals surface area contributed by atoms with Crippen LogP contribution in [0.4, 0.5) is 18.9 Å². The number of halogens is 3. The predicted molar refractivity (Wildman–Crippen MR) is 134 cm³/mol. The van der Waals surface area contributed by atoms with Crippen molar-refractivity contribution < 1.29 is 18.0 Å². The van der Waals surface area contributed by atoms with Crippen LogP contribution in [0.2, 0.25) is 0 Å². The first-order valence-corrected chi connectivity index (χ1v) is 13.0. The van der Waals surface area contributed by atoms with Gasteiger partial charge in [-0.3, -0.25) is 20.0 Å². The quantitative estimate of drug-likeness (QED) is 0.424. The van der Waals surface area contributed by atoms with Gasteiger partial charge in [-0.05, 0) is 40.1 Å². The van der Waals surface area contributed by atoms with Crippen molar-refractivity contribution in [3.05, 3.63) is 87.1 Å². The molecule has 0 saturated carbocycles. The maximum Gasteiger partial charge on any atom is 0.416 e. The number of hydrazone groups is 1. The van der Waals surface area contributed by atoms with Gasteiger partial charge in [0.25, 0.3) is 5.91 Å². The normalized spacial score (nSPS) is 17.4. The first-order valence-electron chi connectivity index (χ1n) is 11.1. The number of rotatable bonds is 5. The number of nitrogens with zero attached hydrogens (tertiary/aromatic N) is 3. The van der Waals surface area contributed by atoms with Gasteiger partial charge >= 0.3 is 6.18 Å². The lowest BCUT2D eigenvalue weighted by molar-refractivity contribution is -0.137. The predicted octanol–water partition coefficient (Wildman–Crippen LogP) is 6.44. The average molecular weight is 517 g/mol. The Hall–Kier alpha value is -2.98. The lowest BCUT2D eigenvalue weighted by atomic mass is 10.0. The highest BCUT2D eigenvalue weighted by atomic mass is 32.2. The molecule has 0 spiro atoms. The molecule has 5 nitrogen and oxygen atoms in total. The van der Waals surface area contributed by atoms with Crippen LogP contribution in [0.1, 0.15) is 51.7 Å². The van der Waals surface area contributed by atoms with Crippen LogP contribution >= 0.6 is 23.1 Å². The molecule has 1 N–H and O–H groups in total. The number of carbonyl (C=O) groups excluding carboxylic acids is 1. The molecule has 5 rings (SSSR count). The van der Waals surface area contributed by atoms with Crippen molar-refractivity contribution in [3.63, 3.8) is 0 Å². The molecule has 1 aromatic heterocycles. The number of carbonyl (C=O) groups is 1. The Morgan fingerprint density at radius 2 is 1.89 bits per heavy atom. The zero-order chi connectivity index (χ0) is 24.7. The van der Waals surface area contributed by atoms with E-state index < -0.39 is 18.0 Å². The lowest BCUT2D eigenvalue weighted by Gasteiger charge is -2.39. The summed E-state index contributed by atoms with van der Waals surface area (Å²) in [6.07, 6.45) is -4.89. The van der Waals surface area contributed by atoms with Gasteiger partial charge in [-0.2, -0.15) is 18.3 Å². The van der Waals surface area contributed by atoms with E-state index in [0.717, 1.165) is 23.4 Å². The smallest absolute Gasteiger partial charge is 0.294 e. The number of hydrogen-bond donors (Lipinski definition) is 1. The average Bonchev–Trinajstić information content (AvgIpc) is 3.47. The summed E-state index contributed by atoms with van der Waals surface area (Å²) in [6, 6.07) is 15.4. The second-order valence-electron chi connectivity index (χ2n) is 8.72. The Balaban J connectivity index is 1.36. The Labute approximate surface area is 209 Å². The number of amidine groups is 1. The van der Waals surface area contributed by atoms with Crippen LogP contribution in [0.15, 0.2) is 65.1 Å². The molecule has 182 valence electrons. The van der Waals surface area contributed by atoms with Crippen LogP contribution in [-0.4, -0.2) is 22.3 Å². The van der Waals surface area contributed by atoms with Crippen molar-refractivity contribution in [2.24, 2.45) is 5.10 Å². The summed E-state index contributed by atoms with van der Waals surface area (Å²) in [7, 11) is 0. The number of nitrogens with one attached hydrogen (secondary N) is 1. The van der Waals surface area contributed by atoms with Gasteiger partial charge in [0, 0.05) is 12.3 Å². The number of alkyl halides is 3. The Morgan fingerprint density at radius 3 is 2.60 bits per heavy atom. The van der Waals surface area contributed by atoms with Crippen molar-refractivity contribution in [3.8, 4) is 0 Å². The Kier molecular flexibility index (Phi) is 6.27. The topological polar surface area (TPSA) is 47.9 Å². The molecule has 1 amide bonds. The molecule has 35 heavy (non-hydrogen) atoms. The highest BCUT2D eigenvalue weighted by Gasteiger charge is 2.44. The number of hydrogen-bond acceptors (Lipinski definition) is 6. The molecule has 0 aliphatic carbocycles. The molecular formula is C25H23F3N4OS2. The third kappa shape index (κ3) is 4.64. The van der Waals surface area contributed by atoms with Crippen molar-refractivity contribution >= 4 is 39.9 Å². The fourth-order valence-electron chi connectivity index (χ4n) is 4.12. The summed E-state index contributed by atoms with van der Waals surface area (Å²) >= 11 is 2.71. The van der Waals surface area contributed by atoms with Crippen molar-refractivity contribution in [2.75, 3.05) is 4.90 Å². The molecule has 0 fully saturated rings. The molecule has 0 saturated heterocycles. The number of amides is 1. The molecule has 0 bridgehead atoms. The summed E-state index contributed by atoms with van der Waals surface area (Å²) in [5.74, 6) is 0.666. The van der Waals surface area contributed by atoms with Crippen LogP contribution in [0.25, 0.3) is 0 Å². The van der Waals surface area contributed by atoms with Gasteiger partial charge in [0.15, 0.2) is 5.17 Å². The second-order valence-corrected chi connectivity index (χ2v) is 10.6. The third-order valence-corrected chi connectivity index (χ3v) is 7.92. The van der Waals surface area contributed by atoms with Gasteiger partial charge in [0.1, 0.15) is 4.88 Å². The molecule has 1 unspecified atom stereocenters. The van der Waals surface area contributed by atoms with E-state index in [4.69, 9.17) is 0 Å². The standard InChI is InChI=1S/C25H23F3N4OS2/c1-15(2)18-8-6-16(7-9-18)13-31-22(33)21-20(10-11-34-21)32-23(31)29-30-24(32)35-14-17-4-3-5-19(12-17)25(26,27)28/h3-12,15,23,29H,13-14H2,1-2H3. The van der Waals surface area contributed by atoms with Crippen LogP contribution in [0.3, 0.4) is 0 Å². The SMILES string of the molecule is CC(C)c1ccc(CN2C(=O)c3sccc3N3C(SCc4cccc(C(F)(F)F)c4)=NNC23)cc1. The highest BCUT2D eigenvalue weighted by Crippen LogP contribution is 2.39. The summed E-state index contributed by atoms with van der Waals surface area (Å²) in [6.45, 7) is 4.68. The fourth-order valence-corrected chi connectivity index (χ4v) is 5.88. The number of thioether (sulfide) groups is 1. The summed E-state index contributed by atoms with van der Waals surface area (Å²) < 4.78 is 39.3. The fraction of sp³-hybridized carbons (Fsp3) is 0.280. The minimum Gasteiger partial charge on any atom is -0.294 e. The van der Waals surface area contributed by atoms with E-state index in [0.29, 0.717) is 33.8 Å². The molecule has 2 aliphatic rings. The Morgan fingerprint density at radius 1 is 1.11 bits per heavy atom. The molecule has 3 heterocycles. The van der Waals surface area contributed by atoms with Crippen molar-refractivity contribution in [1.29, 1.82) is 0 Å². The van der Waals surface area contributed by atoms with Crippen LogP contribution in [0.5, 0.6) is 0 Å². The molecule has 2 aromatic carbocycles. The zero-order valence-corrected chi connectivity index (χ0v) is 20.7. The number of fused-ring (bicyclic) bond motifs is 3. The minimum absolute atomic E-state index is 0.0731. The maximum absolute atomic E-state index is 13.3. The van der Waals surface area contributed by atoms with Crippen LogP contribution < -0.4 is 10.3 Å². The number of anilines is 1. The van der Waals surface area contributed by atoms with E-state index in [2.05, 4.69) is 36.5 Å². The van der Waals surface area contributed by atoms with E-state index >= 15 is 0 Å². The number of benzene rings is 2. The van der Waals surface area contributed by atoms with E-state index in [1.165, 1.54) is 34.7 Å². The molecule has 3 aromatic rings. The number of thiophene rings is 1. The third-order valence-electron chi connectivity index (χ3n) is 6.00. The largest absolute Gasteiger partial charge is 0.416 e. The Bertz CT molecular complexity index is 1270. The summed E-state index contributed by atoms with van der Waals surface area (Å²) in [5, 5.41) is 6.93. The first-order chi connectivity index (χ1) is 16.7. The van der Waals surface area contributed by atoms with Gasteiger partial charge in [-0.25, -0.2) is 0 Å². The van der Waals surface area contributed by atoms with Gasteiger partial charge in [-0.1, -0.05) is 68.1 Å². The van der Waals surface area contributed by atoms with Crippen LogP contribution in [-0.2, 0) is 18.5 Å². The molecule has 10 heteroatoms. The van der Waals surface area contributed by atoms with E-state index in [9.17, 15) is 18.0 Å². The summed E-state index contributed by atoms with van der Waals surface area (Å²) in [4.78, 5) is 17.6. The minimum atomic E-state index is -4.38. The van der Waals surface area contributed by atoms with Gasteiger partial charge in [0.05, 0.1) is 11.3 Å². The lowest BCUT2D eigenvalue weighted by Crippen LogP contribution is -2.57. The maximum atomic E-state index is 13.3. The summed E-state index contributed by atoms with van der Waals surface area (Å²) in [5.41, 5.74) is 5.95. The van der Waals surface area contributed by atoms with E-state index in [1.807, 2.05) is 28.5 Å². The highest BCUT2D eigenvalue weighted by molar-refractivity contribution is 8.13. The zero-order valence-electron chi connectivity index (χ0n) is 19.0.